The number of hydrogen-bond donors (Lipinski definition) is 1. The minimum Gasteiger partial charge on any atom is -0.330 e. The average molecular weight is 369 g/mol. The molecule has 27 heavy (non-hydrogen) atoms. The van der Waals surface area contributed by atoms with Gasteiger partial charge in [0.25, 0.3) is 0 Å². The number of rotatable bonds is 4. The minimum atomic E-state index is -0.0807. The second-order valence-electron chi connectivity index (χ2n) is 8.22. The van der Waals surface area contributed by atoms with Crippen LogP contribution in [-0.4, -0.2) is 53.7 Å². The number of benzene rings is 1. The van der Waals surface area contributed by atoms with Crippen LogP contribution in [0.3, 0.4) is 0 Å². The Kier molecular flexibility index (Phi) is 4.89. The molecule has 0 spiro atoms. The number of aromatic nitrogens is 1. The van der Waals surface area contributed by atoms with Gasteiger partial charge in [-0.25, -0.2) is 10.2 Å². The van der Waals surface area contributed by atoms with Crippen LogP contribution >= 0.6 is 0 Å². The molecule has 1 aromatic heterocycles. The number of nitrogens with zero attached hydrogens (tertiary/aromatic N) is 3. The van der Waals surface area contributed by atoms with Gasteiger partial charge in [-0.05, 0) is 62.4 Å². The summed E-state index contributed by atoms with van der Waals surface area (Å²) >= 11 is 0. The van der Waals surface area contributed by atoms with Crippen LogP contribution in [0.4, 0.5) is 4.79 Å². The van der Waals surface area contributed by atoms with Crippen molar-refractivity contribution in [3.8, 4) is 0 Å². The van der Waals surface area contributed by atoms with Crippen LogP contribution in [0.1, 0.15) is 55.8 Å². The molecule has 1 aliphatic carbocycles. The Morgan fingerprint density at radius 1 is 1.30 bits per heavy atom. The molecule has 2 amide bonds. The summed E-state index contributed by atoms with van der Waals surface area (Å²) in [6, 6.07) is 7.17. The van der Waals surface area contributed by atoms with Gasteiger partial charge in [-0.3, -0.25) is 9.58 Å². The van der Waals surface area contributed by atoms with Crippen molar-refractivity contribution in [2.24, 2.45) is 0 Å². The van der Waals surface area contributed by atoms with Gasteiger partial charge in [-0.2, -0.15) is 0 Å². The zero-order valence-electron chi connectivity index (χ0n) is 17.1. The molecule has 2 heterocycles. The molecule has 2 aromatic rings. The van der Waals surface area contributed by atoms with Gasteiger partial charge in [-0.15, -0.1) is 0 Å². The standard InChI is InChI=1S/C22H32N4O/c1-5-12-25-13-8-10-15-16-9-7-11-19-21(16)17(14-20(15)25)18(6-2)26(19)23-22(27)24(3)4/h7,9,11,15,20H,5-6,8,10,12-14H2,1-4H3,(H,23,27)/t15-,20-/m1/s1. The second-order valence-corrected chi connectivity index (χ2v) is 8.22. The van der Waals surface area contributed by atoms with Gasteiger partial charge >= 0.3 is 6.03 Å². The van der Waals surface area contributed by atoms with E-state index in [2.05, 4.69) is 47.0 Å². The fourth-order valence-electron chi connectivity index (χ4n) is 5.26. The number of hydrogen-bond acceptors (Lipinski definition) is 2. The van der Waals surface area contributed by atoms with Gasteiger partial charge in [0.15, 0.2) is 0 Å². The first-order chi connectivity index (χ1) is 13.1. The Labute approximate surface area is 162 Å². The monoisotopic (exact) mass is 368 g/mol. The first-order valence-electron chi connectivity index (χ1n) is 10.4. The van der Waals surface area contributed by atoms with E-state index in [4.69, 9.17) is 0 Å². The molecule has 0 unspecified atom stereocenters. The third-order valence-electron chi connectivity index (χ3n) is 6.40. The van der Waals surface area contributed by atoms with Crippen LogP contribution in [0.15, 0.2) is 18.2 Å². The van der Waals surface area contributed by atoms with Gasteiger partial charge in [0, 0.05) is 37.1 Å². The molecule has 2 aliphatic rings. The van der Waals surface area contributed by atoms with E-state index in [-0.39, 0.29) is 6.03 Å². The lowest BCUT2D eigenvalue weighted by Gasteiger charge is -2.44. The maximum Gasteiger partial charge on any atom is 0.335 e. The maximum absolute atomic E-state index is 12.4. The van der Waals surface area contributed by atoms with Crippen LogP contribution in [0, 0.1) is 0 Å². The fraction of sp³-hybridized carbons (Fsp3) is 0.591. The predicted octanol–water partition coefficient (Wildman–Crippen LogP) is 3.94. The zero-order valence-corrected chi connectivity index (χ0v) is 17.1. The normalized spacial score (nSPS) is 21.9. The lowest BCUT2D eigenvalue weighted by atomic mass is 9.74. The highest BCUT2D eigenvalue weighted by Crippen LogP contribution is 2.45. The lowest BCUT2D eigenvalue weighted by Crippen LogP contribution is -2.47. The number of likely N-dealkylation sites (tertiary alicyclic amines) is 1. The second kappa shape index (κ2) is 7.19. The lowest BCUT2D eigenvalue weighted by molar-refractivity contribution is 0.124. The molecule has 146 valence electrons. The molecular formula is C22H32N4O. The molecule has 0 bridgehead atoms. The summed E-state index contributed by atoms with van der Waals surface area (Å²) in [6.45, 7) is 6.88. The first kappa shape index (κ1) is 18.4. The fourth-order valence-corrected chi connectivity index (χ4v) is 5.26. The molecular weight excluding hydrogens is 336 g/mol. The third kappa shape index (κ3) is 2.92. The van der Waals surface area contributed by atoms with Gasteiger partial charge in [0.1, 0.15) is 0 Å². The number of carbonyl (C=O) groups excluding carboxylic acids is 1. The molecule has 1 aromatic carbocycles. The van der Waals surface area contributed by atoms with Crippen molar-refractivity contribution in [3.63, 3.8) is 0 Å². The van der Waals surface area contributed by atoms with E-state index in [0.29, 0.717) is 12.0 Å². The van der Waals surface area contributed by atoms with Gasteiger partial charge in [0.05, 0.1) is 5.52 Å². The smallest absolute Gasteiger partial charge is 0.330 e. The van der Waals surface area contributed by atoms with Crippen molar-refractivity contribution in [1.82, 2.24) is 14.5 Å². The summed E-state index contributed by atoms with van der Waals surface area (Å²) in [7, 11) is 3.57. The molecule has 5 heteroatoms. The Hall–Kier alpha value is -2.01. The van der Waals surface area contributed by atoms with Crippen molar-refractivity contribution in [1.29, 1.82) is 0 Å². The molecule has 5 nitrogen and oxygen atoms in total. The third-order valence-corrected chi connectivity index (χ3v) is 6.40. The summed E-state index contributed by atoms with van der Waals surface area (Å²) in [5.74, 6) is 0.617. The number of amides is 2. The van der Waals surface area contributed by atoms with Crippen LogP contribution in [0.2, 0.25) is 0 Å². The molecule has 1 fully saturated rings. The van der Waals surface area contributed by atoms with Crippen molar-refractivity contribution in [3.05, 3.63) is 35.0 Å². The van der Waals surface area contributed by atoms with Crippen molar-refractivity contribution < 1.29 is 4.79 Å². The highest BCUT2D eigenvalue weighted by Gasteiger charge is 2.38. The van der Waals surface area contributed by atoms with Crippen molar-refractivity contribution in [2.75, 3.05) is 32.6 Å². The number of piperidine rings is 1. The van der Waals surface area contributed by atoms with E-state index < -0.39 is 0 Å². The quantitative estimate of drug-likeness (QED) is 0.888. The Balaban J connectivity index is 1.85. The molecule has 4 rings (SSSR count). The van der Waals surface area contributed by atoms with E-state index in [1.54, 1.807) is 19.0 Å². The molecule has 0 radical (unpaired) electrons. The minimum absolute atomic E-state index is 0.0807. The predicted molar refractivity (Wildman–Crippen MR) is 111 cm³/mol. The van der Waals surface area contributed by atoms with E-state index >= 15 is 0 Å². The van der Waals surface area contributed by atoms with Crippen LogP contribution in [-0.2, 0) is 12.8 Å². The van der Waals surface area contributed by atoms with Crippen molar-refractivity contribution >= 4 is 16.9 Å². The van der Waals surface area contributed by atoms with E-state index in [1.165, 1.54) is 54.6 Å². The topological polar surface area (TPSA) is 40.5 Å². The van der Waals surface area contributed by atoms with Crippen LogP contribution in [0.5, 0.6) is 0 Å². The van der Waals surface area contributed by atoms with E-state index in [1.807, 2.05) is 0 Å². The summed E-state index contributed by atoms with van der Waals surface area (Å²) in [6.07, 6.45) is 5.79. The zero-order chi connectivity index (χ0) is 19.1. The molecule has 1 saturated heterocycles. The average Bonchev–Trinajstić information content (AvgIpc) is 2.96. The molecule has 1 aliphatic heterocycles. The Bertz CT molecular complexity index is 852. The van der Waals surface area contributed by atoms with Crippen LogP contribution in [0.25, 0.3) is 10.9 Å². The molecule has 1 N–H and O–H groups in total. The first-order valence-corrected chi connectivity index (χ1v) is 10.4. The number of fused-ring (bicyclic) bond motifs is 2. The van der Waals surface area contributed by atoms with E-state index in [9.17, 15) is 4.79 Å². The Morgan fingerprint density at radius 2 is 2.11 bits per heavy atom. The highest BCUT2D eigenvalue weighted by molar-refractivity contribution is 5.93. The number of urea groups is 1. The summed E-state index contributed by atoms with van der Waals surface area (Å²) < 4.78 is 2.05. The van der Waals surface area contributed by atoms with Crippen LogP contribution < -0.4 is 5.43 Å². The molecule has 0 saturated carbocycles. The highest BCUT2D eigenvalue weighted by atomic mass is 16.2. The van der Waals surface area contributed by atoms with Gasteiger partial charge in [0.2, 0.25) is 0 Å². The maximum atomic E-state index is 12.4. The molecule has 2 atom stereocenters. The van der Waals surface area contributed by atoms with Gasteiger partial charge < -0.3 is 4.90 Å². The van der Waals surface area contributed by atoms with Gasteiger partial charge in [-0.1, -0.05) is 26.0 Å². The van der Waals surface area contributed by atoms with E-state index in [0.717, 1.165) is 18.4 Å². The SMILES string of the molecule is CCCN1CCC[C@@H]2c3cccc4c3c(c(CC)n4NC(=O)N(C)C)C[C@H]21. The summed E-state index contributed by atoms with van der Waals surface area (Å²) in [5.41, 5.74) is 8.48. The summed E-state index contributed by atoms with van der Waals surface area (Å²) in [4.78, 5) is 16.7. The summed E-state index contributed by atoms with van der Waals surface area (Å²) in [5, 5.41) is 1.40. The number of nitrogens with one attached hydrogen (secondary N) is 1. The largest absolute Gasteiger partial charge is 0.335 e. The number of carbonyl (C=O) groups is 1. The van der Waals surface area contributed by atoms with Crippen molar-refractivity contribution in [2.45, 2.75) is 57.9 Å². The Morgan fingerprint density at radius 3 is 2.81 bits per heavy atom.